The summed E-state index contributed by atoms with van der Waals surface area (Å²) in [7, 11) is 4.01. The molecular formula is C33H46N4O3. The maximum Gasteiger partial charge on any atom is 0.165 e. The number of carbonyl (C=O) groups excluding carboxylic acids is 2. The number of likely N-dealkylation sites (N-methyl/N-ethyl adjacent to an activating group) is 1. The Morgan fingerprint density at radius 1 is 0.950 bits per heavy atom. The fraction of sp³-hybridized carbons (Fsp3) is 0.333. The summed E-state index contributed by atoms with van der Waals surface area (Å²) >= 11 is 0. The SMILES string of the molecule is C=C(C=O)NCc1ccccc1C=O.CC/C=C/CNC.CCNO.CNC1(c2cccc3ccccc23)CC1. The van der Waals surface area contributed by atoms with E-state index >= 15 is 0 Å². The van der Waals surface area contributed by atoms with Crippen LogP contribution in [0.4, 0.5) is 0 Å². The molecule has 0 radical (unpaired) electrons. The lowest BCUT2D eigenvalue weighted by molar-refractivity contribution is -0.105. The number of fused-ring (bicyclic) bond motifs is 1. The van der Waals surface area contributed by atoms with Crippen molar-refractivity contribution in [3.05, 3.63) is 108 Å². The van der Waals surface area contributed by atoms with E-state index < -0.39 is 0 Å². The van der Waals surface area contributed by atoms with Crippen molar-refractivity contribution in [3.63, 3.8) is 0 Å². The van der Waals surface area contributed by atoms with E-state index in [9.17, 15) is 9.59 Å². The van der Waals surface area contributed by atoms with Crippen LogP contribution in [-0.4, -0.2) is 45.0 Å². The lowest BCUT2D eigenvalue weighted by atomic mass is 9.97. The quantitative estimate of drug-likeness (QED) is 0.0936. The van der Waals surface area contributed by atoms with Gasteiger partial charge in [-0.05, 0) is 55.3 Å². The lowest BCUT2D eigenvalue weighted by Gasteiger charge is -2.17. The van der Waals surface area contributed by atoms with E-state index in [1.165, 1.54) is 29.2 Å². The first-order valence-corrected chi connectivity index (χ1v) is 13.7. The van der Waals surface area contributed by atoms with Crippen molar-refractivity contribution in [2.24, 2.45) is 0 Å². The van der Waals surface area contributed by atoms with Crippen molar-refractivity contribution >= 4 is 23.3 Å². The molecule has 40 heavy (non-hydrogen) atoms. The van der Waals surface area contributed by atoms with Crippen molar-refractivity contribution in [3.8, 4) is 0 Å². The van der Waals surface area contributed by atoms with Crippen LogP contribution in [0.2, 0.25) is 0 Å². The summed E-state index contributed by atoms with van der Waals surface area (Å²) in [4.78, 5) is 20.9. The fourth-order valence-electron chi connectivity index (χ4n) is 3.85. The maximum absolute atomic E-state index is 10.6. The maximum atomic E-state index is 10.6. The Morgan fingerprint density at radius 3 is 2.17 bits per heavy atom. The van der Waals surface area contributed by atoms with Gasteiger partial charge < -0.3 is 21.2 Å². The Kier molecular flexibility index (Phi) is 17.5. The Balaban J connectivity index is 0.000000297. The van der Waals surface area contributed by atoms with Gasteiger partial charge in [-0.25, -0.2) is 5.48 Å². The van der Waals surface area contributed by atoms with Crippen LogP contribution in [0, 0.1) is 0 Å². The van der Waals surface area contributed by atoms with Crippen LogP contribution in [-0.2, 0) is 16.9 Å². The summed E-state index contributed by atoms with van der Waals surface area (Å²) in [5.74, 6) is 0. The van der Waals surface area contributed by atoms with Crippen LogP contribution in [0.1, 0.15) is 54.6 Å². The van der Waals surface area contributed by atoms with Gasteiger partial charge in [0.1, 0.15) is 6.29 Å². The summed E-state index contributed by atoms with van der Waals surface area (Å²) < 4.78 is 0. The normalized spacial score (nSPS) is 12.5. The average Bonchev–Trinajstić information content (AvgIpc) is 3.82. The Morgan fingerprint density at radius 2 is 1.60 bits per heavy atom. The number of benzene rings is 3. The first kappa shape index (κ1) is 34.4. The molecule has 0 saturated heterocycles. The number of hydroxylamine groups is 1. The predicted molar refractivity (Wildman–Crippen MR) is 167 cm³/mol. The Bertz CT molecular complexity index is 1180. The molecule has 1 aliphatic carbocycles. The second-order valence-corrected chi connectivity index (χ2v) is 9.12. The topological polar surface area (TPSA) is 102 Å². The highest BCUT2D eigenvalue weighted by Crippen LogP contribution is 2.47. The number of allylic oxidation sites excluding steroid dienone is 2. The Labute approximate surface area is 239 Å². The summed E-state index contributed by atoms with van der Waals surface area (Å²) in [5, 5.41) is 19.6. The average molecular weight is 547 g/mol. The Hall–Kier alpha value is -3.62. The zero-order valence-corrected chi connectivity index (χ0v) is 24.4. The largest absolute Gasteiger partial charge is 0.379 e. The van der Waals surface area contributed by atoms with Gasteiger partial charge in [0.15, 0.2) is 6.29 Å². The molecule has 0 aliphatic heterocycles. The zero-order chi connectivity index (χ0) is 29.6. The molecule has 7 heteroatoms. The minimum atomic E-state index is 0.265. The highest BCUT2D eigenvalue weighted by Gasteiger charge is 2.43. The lowest BCUT2D eigenvalue weighted by Crippen LogP contribution is -2.24. The van der Waals surface area contributed by atoms with Gasteiger partial charge in [0.25, 0.3) is 0 Å². The molecule has 216 valence electrons. The van der Waals surface area contributed by atoms with Crippen molar-refractivity contribution in [2.75, 3.05) is 27.2 Å². The van der Waals surface area contributed by atoms with Crippen molar-refractivity contribution in [1.82, 2.24) is 21.4 Å². The third-order valence-corrected chi connectivity index (χ3v) is 6.25. The minimum absolute atomic E-state index is 0.265. The van der Waals surface area contributed by atoms with Crippen LogP contribution in [0.25, 0.3) is 10.8 Å². The van der Waals surface area contributed by atoms with E-state index in [-0.39, 0.29) is 5.54 Å². The summed E-state index contributed by atoms with van der Waals surface area (Å²) in [6.07, 6.45) is 9.37. The molecule has 3 aromatic rings. The van der Waals surface area contributed by atoms with Gasteiger partial charge in [0, 0.05) is 30.7 Å². The predicted octanol–water partition coefficient (Wildman–Crippen LogP) is 5.51. The molecule has 1 fully saturated rings. The first-order valence-electron chi connectivity index (χ1n) is 13.7. The van der Waals surface area contributed by atoms with Gasteiger partial charge >= 0.3 is 0 Å². The number of hydrogen-bond donors (Lipinski definition) is 5. The smallest absolute Gasteiger partial charge is 0.165 e. The second kappa shape index (κ2) is 20.3. The molecule has 3 aromatic carbocycles. The van der Waals surface area contributed by atoms with Crippen LogP contribution < -0.4 is 21.4 Å². The monoisotopic (exact) mass is 546 g/mol. The van der Waals surface area contributed by atoms with Gasteiger partial charge in [-0.1, -0.05) is 99.3 Å². The van der Waals surface area contributed by atoms with Gasteiger partial charge in [-0.2, -0.15) is 0 Å². The van der Waals surface area contributed by atoms with Gasteiger partial charge in [-0.15, -0.1) is 0 Å². The van der Waals surface area contributed by atoms with Crippen molar-refractivity contribution < 1.29 is 14.8 Å². The number of rotatable bonds is 11. The number of nitrogens with one attached hydrogen (secondary N) is 4. The van der Waals surface area contributed by atoms with Gasteiger partial charge in [0.2, 0.25) is 0 Å². The molecule has 0 unspecified atom stereocenters. The fourth-order valence-corrected chi connectivity index (χ4v) is 3.85. The van der Waals surface area contributed by atoms with Crippen molar-refractivity contribution in [2.45, 2.75) is 45.2 Å². The molecule has 0 heterocycles. The van der Waals surface area contributed by atoms with E-state index in [1.807, 2.05) is 31.6 Å². The van der Waals surface area contributed by atoms with Gasteiger partial charge in [0.05, 0.1) is 5.70 Å². The minimum Gasteiger partial charge on any atom is -0.379 e. The third kappa shape index (κ3) is 12.1. The molecule has 4 rings (SSSR count). The number of aldehydes is 2. The second-order valence-electron chi connectivity index (χ2n) is 9.12. The van der Waals surface area contributed by atoms with E-state index in [0.717, 1.165) is 24.8 Å². The molecular weight excluding hydrogens is 500 g/mol. The molecule has 0 atom stereocenters. The third-order valence-electron chi connectivity index (χ3n) is 6.25. The van der Waals surface area contributed by atoms with Crippen LogP contribution in [0.15, 0.2) is 91.2 Å². The molecule has 0 bridgehead atoms. The molecule has 1 aliphatic rings. The van der Waals surface area contributed by atoms with Crippen LogP contribution in [0.3, 0.4) is 0 Å². The highest BCUT2D eigenvalue weighted by molar-refractivity contribution is 5.87. The number of hydrogen-bond acceptors (Lipinski definition) is 7. The van der Waals surface area contributed by atoms with E-state index in [1.54, 1.807) is 12.1 Å². The molecule has 0 aromatic heterocycles. The van der Waals surface area contributed by atoms with Crippen molar-refractivity contribution in [1.29, 1.82) is 0 Å². The molecule has 0 amide bonds. The van der Waals surface area contributed by atoms with Crippen LogP contribution >= 0.6 is 0 Å². The van der Waals surface area contributed by atoms with E-state index in [0.29, 0.717) is 30.6 Å². The van der Waals surface area contributed by atoms with Crippen LogP contribution in [0.5, 0.6) is 0 Å². The van der Waals surface area contributed by atoms with Gasteiger partial charge in [-0.3, -0.25) is 9.59 Å². The summed E-state index contributed by atoms with van der Waals surface area (Å²) in [5.41, 5.74) is 5.44. The molecule has 5 N–H and O–H groups in total. The zero-order valence-electron chi connectivity index (χ0n) is 24.4. The molecule has 7 nitrogen and oxygen atoms in total. The first-order chi connectivity index (χ1) is 19.5. The van der Waals surface area contributed by atoms with E-state index in [2.05, 4.69) is 91.1 Å². The summed E-state index contributed by atoms with van der Waals surface area (Å²) in [6, 6.07) is 22.4. The summed E-state index contributed by atoms with van der Waals surface area (Å²) in [6.45, 7) is 9.48. The van der Waals surface area contributed by atoms with E-state index in [4.69, 9.17) is 5.21 Å². The molecule has 0 spiro atoms. The molecule has 1 saturated carbocycles. The number of carbonyl (C=O) groups is 2. The standard InChI is InChI=1S/C14H15N.C11H11NO2.C6H13N.C2H7NO/c1-15-14(9-10-14)13-8-4-6-11-5-2-3-7-12(11)13;1-9(7-13)12-6-10-4-2-3-5-11(10)8-14;1-3-4-5-6-7-2;1-2-3-4/h2-8,15H,9-10H2,1H3;2-5,7-8,12H,1,6H2;4-5,7H,3,6H2,1-2H3;3-4H,2H2,1H3/b;;5-4+;. The highest BCUT2D eigenvalue weighted by atomic mass is 16.5.